The van der Waals surface area contributed by atoms with E-state index >= 15 is 0 Å². The van der Waals surface area contributed by atoms with Crippen molar-refractivity contribution in [2.75, 3.05) is 19.7 Å². The van der Waals surface area contributed by atoms with Gasteiger partial charge in [0.05, 0.1) is 13.2 Å². The van der Waals surface area contributed by atoms with Gasteiger partial charge in [0.25, 0.3) is 0 Å². The Bertz CT molecular complexity index is 528. The molecule has 0 radical (unpaired) electrons. The topological polar surface area (TPSA) is 89.9 Å². The number of nitrogens with zero attached hydrogens (tertiary/aromatic N) is 1. The van der Waals surface area contributed by atoms with Crippen molar-refractivity contribution in [3.05, 3.63) is 34.1 Å². The third-order valence-electron chi connectivity index (χ3n) is 2.87. The van der Waals surface area contributed by atoms with Crippen molar-refractivity contribution >= 4 is 27.9 Å². The van der Waals surface area contributed by atoms with Gasteiger partial charge in [-0.1, -0.05) is 15.9 Å². The molecular formula is C14H18BrFN2O4. The van der Waals surface area contributed by atoms with Crippen LogP contribution in [0.25, 0.3) is 0 Å². The van der Waals surface area contributed by atoms with Crippen molar-refractivity contribution in [1.29, 1.82) is 0 Å². The Morgan fingerprint density at radius 3 is 2.73 bits per heavy atom. The summed E-state index contributed by atoms with van der Waals surface area (Å²) in [5, 5.41) is 20.1. The molecule has 8 heteroatoms. The highest BCUT2D eigenvalue weighted by Gasteiger charge is 2.15. The summed E-state index contributed by atoms with van der Waals surface area (Å²) < 4.78 is 14.4. The second-order valence-electron chi connectivity index (χ2n) is 4.61. The number of hydrogen-bond acceptors (Lipinski definition) is 3. The van der Waals surface area contributed by atoms with Gasteiger partial charge in [-0.25, -0.2) is 9.18 Å². The summed E-state index contributed by atoms with van der Waals surface area (Å²) in [6, 6.07) is 3.94. The van der Waals surface area contributed by atoms with E-state index in [4.69, 9.17) is 10.2 Å². The monoisotopic (exact) mass is 376 g/mol. The van der Waals surface area contributed by atoms with E-state index in [0.717, 1.165) is 0 Å². The van der Waals surface area contributed by atoms with Crippen LogP contribution >= 0.6 is 15.9 Å². The predicted octanol–water partition coefficient (Wildman–Crippen LogP) is 1.96. The van der Waals surface area contributed by atoms with E-state index in [-0.39, 0.29) is 32.7 Å². The van der Waals surface area contributed by atoms with Crippen LogP contribution in [-0.4, -0.2) is 46.8 Å². The van der Waals surface area contributed by atoms with Gasteiger partial charge in [-0.2, -0.15) is 0 Å². The zero-order valence-electron chi connectivity index (χ0n) is 11.9. The molecule has 0 aromatic heterocycles. The molecule has 0 aliphatic carbocycles. The minimum atomic E-state index is -0.933. The fourth-order valence-corrected chi connectivity index (χ4v) is 2.20. The number of hydrogen-bond donors (Lipinski definition) is 3. The minimum absolute atomic E-state index is 0.0105. The maximum atomic E-state index is 13.7. The van der Waals surface area contributed by atoms with Crippen LogP contribution in [0.3, 0.4) is 0 Å². The standard InChI is InChI=1S/C14H18BrFN2O4/c15-11-3-4-12(16)10(8-11)9-18(6-7-19)14(22)17-5-1-2-13(20)21/h3-4,8,19H,1-2,5-7,9H2,(H,17,22)(H,20,21). The molecule has 0 unspecified atom stereocenters. The summed E-state index contributed by atoms with van der Waals surface area (Å²) in [4.78, 5) is 23.7. The molecule has 1 aromatic rings. The van der Waals surface area contributed by atoms with Crippen molar-refractivity contribution in [2.24, 2.45) is 0 Å². The van der Waals surface area contributed by atoms with E-state index in [1.165, 1.54) is 11.0 Å². The van der Waals surface area contributed by atoms with Crippen molar-refractivity contribution in [3.8, 4) is 0 Å². The normalized spacial score (nSPS) is 10.3. The van der Waals surface area contributed by atoms with Crippen LogP contribution in [0.15, 0.2) is 22.7 Å². The highest BCUT2D eigenvalue weighted by molar-refractivity contribution is 9.10. The number of urea groups is 1. The molecule has 2 amide bonds. The van der Waals surface area contributed by atoms with Crippen LogP contribution in [0.1, 0.15) is 18.4 Å². The Labute approximate surface area is 136 Å². The molecule has 1 aromatic carbocycles. The van der Waals surface area contributed by atoms with Crippen LogP contribution in [0.2, 0.25) is 0 Å². The number of aliphatic carboxylic acids is 1. The lowest BCUT2D eigenvalue weighted by atomic mass is 10.2. The molecule has 3 N–H and O–H groups in total. The molecule has 6 nitrogen and oxygen atoms in total. The van der Waals surface area contributed by atoms with Gasteiger partial charge in [-0.05, 0) is 24.6 Å². The molecular weight excluding hydrogens is 359 g/mol. The number of rotatable bonds is 8. The van der Waals surface area contributed by atoms with Crippen molar-refractivity contribution in [3.63, 3.8) is 0 Å². The summed E-state index contributed by atoms with van der Waals surface area (Å²) >= 11 is 3.24. The quantitative estimate of drug-likeness (QED) is 0.605. The first-order valence-electron chi connectivity index (χ1n) is 6.73. The van der Waals surface area contributed by atoms with E-state index in [9.17, 15) is 14.0 Å². The number of amides is 2. The van der Waals surface area contributed by atoms with Crippen molar-refractivity contribution < 1.29 is 24.2 Å². The highest BCUT2D eigenvalue weighted by atomic mass is 79.9. The molecule has 0 fully saturated rings. The molecule has 0 saturated carbocycles. The zero-order valence-corrected chi connectivity index (χ0v) is 13.5. The van der Waals surface area contributed by atoms with Gasteiger partial charge in [-0.15, -0.1) is 0 Å². The Kier molecular flexibility index (Phi) is 7.83. The van der Waals surface area contributed by atoms with E-state index < -0.39 is 17.8 Å². The summed E-state index contributed by atoms with van der Waals surface area (Å²) in [7, 11) is 0. The largest absolute Gasteiger partial charge is 0.481 e. The first-order chi connectivity index (χ1) is 10.4. The Balaban J connectivity index is 2.62. The summed E-state index contributed by atoms with van der Waals surface area (Å²) in [6.45, 7) is 0.0134. The molecule has 22 heavy (non-hydrogen) atoms. The molecule has 0 atom stereocenters. The van der Waals surface area contributed by atoms with Crippen LogP contribution in [0, 0.1) is 5.82 Å². The van der Waals surface area contributed by atoms with Crippen molar-refractivity contribution in [1.82, 2.24) is 10.2 Å². The summed E-state index contributed by atoms with van der Waals surface area (Å²) in [6.07, 6.45) is 0.264. The Hall–Kier alpha value is -1.67. The number of carboxylic acid groups (broad SMARTS) is 1. The molecule has 1 rings (SSSR count). The smallest absolute Gasteiger partial charge is 0.317 e. The van der Waals surface area contributed by atoms with E-state index in [1.54, 1.807) is 12.1 Å². The van der Waals surface area contributed by atoms with Gasteiger partial charge in [0.2, 0.25) is 0 Å². The number of halogens is 2. The molecule has 0 aliphatic rings. The van der Waals surface area contributed by atoms with Gasteiger partial charge in [-0.3, -0.25) is 4.79 Å². The summed E-state index contributed by atoms with van der Waals surface area (Å²) in [5.74, 6) is -1.37. The number of carbonyl (C=O) groups is 2. The fraction of sp³-hybridized carbons (Fsp3) is 0.429. The molecule has 0 spiro atoms. The number of carboxylic acids is 1. The van der Waals surface area contributed by atoms with E-state index in [2.05, 4.69) is 21.2 Å². The average Bonchev–Trinajstić information content (AvgIpc) is 2.46. The first kappa shape index (κ1) is 18.4. The molecule has 0 bridgehead atoms. The van der Waals surface area contributed by atoms with E-state index in [0.29, 0.717) is 16.5 Å². The van der Waals surface area contributed by atoms with Crippen LogP contribution in [-0.2, 0) is 11.3 Å². The molecule has 0 saturated heterocycles. The average molecular weight is 377 g/mol. The maximum Gasteiger partial charge on any atom is 0.317 e. The number of carbonyl (C=O) groups excluding carboxylic acids is 1. The van der Waals surface area contributed by atoms with Crippen LogP contribution in [0.4, 0.5) is 9.18 Å². The predicted molar refractivity (Wildman–Crippen MR) is 81.9 cm³/mol. The fourth-order valence-electron chi connectivity index (χ4n) is 1.79. The third kappa shape index (κ3) is 6.40. The van der Waals surface area contributed by atoms with Gasteiger partial charge < -0.3 is 20.4 Å². The second kappa shape index (κ2) is 9.37. The van der Waals surface area contributed by atoms with Gasteiger partial charge in [0, 0.05) is 29.5 Å². The number of aliphatic hydroxyl groups is 1. The number of nitrogens with one attached hydrogen (secondary N) is 1. The molecule has 122 valence electrons. The Morgan fingerprint density at radius 1 is 1.36 bits per heavy atom. The zero-order chi connectivity index (χ0) is 16.5. The Morgan fingerprint density at radius 2 is 2.09 bits per heavy atom. The summed E-state index contributed by atoms with van der Waals surface area (Å²) in [5.41, 5.74) is 0.323. The maximum absolute atomic E-state index is 13.7. The molecule has 0 heterocycles. The number of benzene rings is 1. The third-order valence-corrected chi connectivity index (χ3v) is 3.36. The molecule has 0 aliphatic heterocycles. The number of aliphatic hydroxyl groups excluding tert-OH is 1. The van der Waals surface area contributed by atoms with Crippen LogP contribution < -0.4 is 5.32 Å². The second-order valence-corrected chi connectivity index (χ2v) is 5.53. The minimum Gasteiger partial charge on any atom is -0.481 e. The first-order valence-corrected chi connectivity index (χ1v) is 7.52. The lowest BCUT2D eigenvalue weighted by molar-refractivity contribution is -0.137. The lowest BCUT2D eigenvalue weighted by Gasteiger charge is -2.22. The van der Waals surface area contributed by atoms with Gasteiger partial charge in [0.15, 0.2) is 0 Å². The van der Waals surface area contributed by atoms with Gasteiger partial charge >= 0.3 is 12.0 Å². The SMILES string of the molecule is O=C(O)CCCNC(=O)N(CCO)Cc1cc(Br)ccc1F. The van der Waals surface area contributed by atoms with Gasteiger partial charge in [0.1, 0.15) is 5.82 Å². The lowest BCUT2D eigenvalue weighted by Crippen LogP contribution is -2.41. The highest BCUT2D eigenvalue weighted by Crippen LogP contribution is 2.17. The van der Waals surface area contributed by atoms with Crippen LogP contribution in [0.5, 0.6) is 0 Å². The van der Waals surface area contributed by atoms with Crippen molar-refractivity contribution in [2.45, 2.75) is 19.4 Å². The van der Waals surface area contributed by atoms with E-state index in [1.807, 2.05) is 0 Å².